The van der Waals surface area contributed by atoms with Gasteiger partial charge in [0.2, 0.25) is 0 Å². The van der Waals surface area contributed by atoms with Crippen molar-refractivity contribution in [2.75, 3.05) is 6.54 Å². The molecule has 14 heavy (non-hydrogen) atoms. The quantitative estimate of drug-likeness (QED) is 0.749. The summed E-state index contributed by atoms with van der Waals surface area (Å²) < 4.78 is 0. The third kappa shape index (κ3) is 2.02. The molecular weight excluding hydrogens is 198 g/mol. The fraction of sp³-hybridized carbons (Fsp3) is 0.455. The van der Waals surface area contributed by atoms with E-state index in [-0.39, 0.29) is 6.04 Å². The minimum absolute atomic E-state index is 0.266. The van der Waals surface area contributed by atoms with Crippen LogP contribution in [0.4, 0.5) is 0 Å². The summed E-state index contributed by atoms with van der Waals surface area (Å²) in [5.41, 5.74) is 0.928. The molecule has 0 aliphatic carbocycles. The Morgan fingerprint density at radius 3 is 2.93 bits per heavy atom. The van der Waals surface area contributed by atoms with Gasteiger partial charge in [0, 0.05) is 16.6 Å². The van der Waals surface area contributed by atoms with E-state index in [4.69, 9.17) is 11.6 Å². The molecular formula is C11H14ClNO. The Hall–Kier alpha value is -0.730. The molecule has 1 heterocycles. The lowest BCUT2D eigenvalue weighted by molar-refractivity contribution is 0.391. The minimum atomic E-state index is 0.266. The van der Waals surface area contributed by atoms with Gasteiger partial charge in [0.1, 0.15) is 5.75 Å². The minimum Gasteiger partial charge on any atom is -0.508 e. The van der Waals surface area contributed by atoms with E-state index >= 15 is 0 Å². The first-order chi connectivity index (χ1) is 6.77. The molecule has 76 valence electrons. The fourth-order valence-electron chi connectivity index (χ4n) is 1.92. The number of piperidine rings is 1. The lowest BCUT2D eigenvalue weighted by Gasteiger charge is -2.24. The molecule has 1 aliphatic rings. The third-order valence-corrected chi connectivity index (χ3v) is 2.91. The average molecular weight is 212 g/mol. The first kappa shape index (κ1) is 9.81. The molecule has 0 spiro atoms. The molecule has 0 radical (unpaired) electrons. The maximum absolute atomic E-state index is 9.69. The molecule has 1 aromatic rings. The standard InChI is InChI=1S/C11H14ClNO/c12-8-4-5-11(14)9(7-8)10-3-1-2-6-13-10/h4-5,7,10,13-14H,1-3,6H2/t10-/m1/s1. The summed E-state index contributed by atoms with van der Waals surface area (Å²) in [7, 11) is 0. The van der Waals surface area contributed by atoms with Crippen LogP contribution in [-0.4, -0.2) is 11.7 Å². The molecule has 2 rings (SSSR count). The van der Waals surface area contributed by atoms with Crippen LogP contribution in [0.15, 0.2) is 18.2 Å². The van der Waals surface area contributed by atoms with Gasteiger partial charge in [0.25, 0.3) is 0 Å². The van der Waals surface area contributed by atoms with E-state index in [1.165, 1.54) is 12.8 Å². The maximum atomic E-state index is 9.69. The molecule has 0 amide bonds. The van der Waals surface area contributed by atoms with Gasteiger partial charge in [-0.3, -0.25) is 0 Å². The SMILES string of the molecule is Oc1ccc(Cl)cc1[C@H]1CCCCN1. The van der Waals surface area contributed by atoms with Crippen LogP contribution in [0.25, 0.3) is 0 Å². The van der Waals surface area contributed by atoms with Crippen molar-refractivity contribution in [2.24, 2.45) is 0 Å². The molecule has 1 aliphatic heterocycles. The largest absolute Gasteiger partial charge is 0.508 e. The molecule has 0 aromatic heterocycles. The third-order valence-electron chi connectivity index (χ3n) is 2.68. The number of phenolic OH excluding ortho intramolecular Hbond substituents is 1. The van der Waals surface area contributed by atoms with Crippen molar-refractivity contribution < 1.29 is 5.11 Å². The summed E-state index contributed by atoms with van der Waals surface area (Å²) in [5, 5.41) is 13.8. The Morgan fingerprint density at radius 2 is 2.21 bits per heavy atom. The van der Waals surface area contributed by atoms with Gasteiger partial charge in [-0.15, -0.1) is 0 Å². The number of rotatable bonds is 1. The van der Waals surface area contributed by atoms with Crippen molar-refractivity contribution in [1.29, 1.82) is 0 Å². The summed E-state index contributed by atoms with van der Waals surface area (Å²) in [6.07, 6.45) is 3.51. The van der Waals surface area contributed by atoms with Gasteiger partial charge in [-0.1, -0.05) is 18.0 Å². The van der Waals surface area contributed by atoms with E-state index < -0.39 is 0 Å². The molecule has 1 saturated heterocycles. The number of phenols is 1. The van der Waals surface area contributed by atoms with Gasteiger partial charge >= 0.3 is 0 Å². The molecule has 1 aromatic carbocycles. The Balaban J connectivity index is 2.24. The van der Waals surface area contributed by atoms with Gasteiger partial charge < -0.3 is 10.4 Å². The predicted octanol–water partition coefficient (Wildman–Crippen LogP) is 2.86. The lowest BCUT2D eigenvalue weighted by Crippen LogP contribution is -2.26. The summed E-state index contributed by atoms with van der Waals surface area (Å²) >= 11 is 5.90. The van der Waals surface area contributed by atoms with Gasteiger partial charge in [0.15, 0.2) is 0 Å². The first-order valence-corrected chi connectivity index (χ1v) is 5.37. The highest BCUT2D eigenvalue weighted by Gasteiger charge is 2.17. The van der Waals surface area contributed by atoms with Crippen LogP contribution in [0, 0.1) is 0 Å². The first-order valence-electron chi connectivity index (χ1n) is 4.99. The van der Waals surface area contributed by atoms with Gasteiger partial charge in [-0.05, 0) is 37.6 Å². The smallest absolute Gasteiger partial charge is 0.120 e. The van der Waals surface area contributed by atoms with Crippen molar-refractivity contribution >= 4 is 11.6 Å². The van der Waals surface area contributed by atoms with Crippen LogP contribution in [0.3, 0.4) is 0 Å². The van der Waals surface area contributed by atoms with E-state index in [0.717, 1.165) is 18.5 Å². The van der Waals surface area contributed by atoms with E-state index in [1.807, 2.05) is 6.07 Å². The topological polar surface area (TPSA) is 32.3 Å². The number of hydrogen-bond acceptors (Lipinski definition) is 2. The van der Waals surface area contributed by atoms with Crippen LogP contribution in [0.2, 0.25) is 5.02 Å². The summed E-state index contributed by atoms with van der Waals surface area (Å²) in [4.78, 5) is 0. The Labute approximate surface area is 88.9 Å². The lowest BCUT2D eigenvalue weighted by atomic mass is 9.97. The maximum Gasteiger partial charge on any atom is 0.120 e. The summed E-state index contributed by atoms with van der Waals surface area (Å²) in [6, 6.07) is 5.49. The Bertz CT molecular complexity index is 321. The monoisotopic (exact) mass is 211 g/mol. The zero-order valence-electron chi connectivity index (χ0n) is 7.96. The molecule has 0 saturated carbocycles. The predicted molar refractivity (Wildman–Crippen MR) is 57.7 cm³/mol. The second-order valence-corrected chi connectivity index (χ2v) is 4.14. The number of nitrogens with one attached hydrogen (secondary N) is 1. The average Bonchev–Trinajstić information content (AvgIpc) is 2.23. The molecule has 2 N–H and O–H groups in total. The summed E-state index contributed by atoms with van der Waals surface area (Å²) in [6.45, 7) is 1.02. The van der Waals surface area contributed by atoms with Gasteiger partial charge in [-0.2, -0.15) is 0 Å². The molecule has 1 atom stereocenters. The number of aromatic hydroxyl groups is 1. The van der Waals surface area contributed by atoms with Crippen LogP contribution >= 0.6 is 11.6 Å². The van der Waals surface area contributed by atoms with Crippen molar-refractivity contribution in [3.63, 3.8) is 0 Å². The molecule has 2 nitrogen and oxygen atoms in total. The van der Waals surface area contributed by atoms with Crippen molar-refractivity contribution in [2.45, 2.75) is 25.3 Å². The van der Waals surface area contributed by atoms with Crippen LogP contribution in [0.5, 0.6) is 5.75 Å². The van der Waals surface area contributed by atoms with Crippen molar-refractivity contribution in [1.82, 2.24) is 5.32 Å². The van der Waals surface area contributed by atoms with Crippen LogP contribution < -0.4 is 5.32 Å². The Morgan fingerprint density at radius 1 is 1.36 bits per heavy atom. The number of hydrogen-bond donors (Lipinski definition) is 2. The van der Waals surface area contributed by atoms with Gasteiger partial charge in [0.05, 0.1) is 0 Å². The highest BCUT2D eigenvalue weighted by Crippen LogP contribution is 2.31. The van der Waals surface area contributed by atoms with Crippen molar-refractivity contribution in [3.8, 4) is 5.75 Å². The molecule has 1 fully saturated rings. The van der Waals surface area contributed by atoms with E-state index in [9.17, 15) is 5.11 Å². The normalized spacial score (nSPS) is 22.2. The Kier molecular flexibility index (Phi) is 2.94. The summed E-state index contributed by atoms with van der Waals surface area (Å²) in [5.74, 6) is 0.341. The molecule has 3 heteroatoms. The van der Waals surface area contributed by atoms with Gasteiger partial charge in [-0.25, -0.2) is 0 Å². The van der Waals surface area contributed by atoms with Crippen LogP contribution in [0.1, 0.15) is 30.9 Å². The molecule has 0 unspecified atom stereocenters. The van der Waals surface area contributed by atoms with E-state index in [0.29, 0.717) is 10.8 Å². The van der Waals surface area contributed by atoms with Crippen molar-refractivity contribution in [3.05, 3.63) is 28.8 Å². The highest BCUT2D eigenvalue weighted by molar-refractivity contribution is 6.30. The number of halogens is 1. The zero-order valence-corrected chi connectivity index (χ0v) is 8.72. The zero-order chi connectivity index (χ0) is 9.97. The fourth-order valence-corrected chi connectivity index (χ4v) is 2.10. The highest BCUT2D eigenvalue weighted by atomic mass is 35.5. The van der Waals surface area contributed by atoms with E-state index in [2.05, 4.69) is 5.32 Å². The molecule has 0 bridgehead atoms. The number of benzene rings is 1. The van der Waals surface area contributed by atoms with Crippen LogP contribution in [-0.2, 0) is 0 Å². The second-order valence-electron chi connectivity index (χ2n) is 3.71. The van der Waals surface area contributed by atoms with E-state index in [1.54, 1.807) is 12.1 Å². The second kappa shape index (κ2) is 4.20.